The van der Waals surface area contributed by atoms with Gasteiger partial charge < -0.3 is 19.0 Å². The molecule has 5 aromatic carbocycles. The molecule has 3 aliphatic carbocycles. The summed E-state index contributed by atoms with van der Waals surface area (Å²) in [4.78, 5) is 4.71. The quantitative estimate of drug-likeness (QED) is 0.128. The third-order valence-corrected chi connectivity index (χ3v) is 13.9. The van der Waals surface area contributed by atoms with Crippen LogP contribution in [0, 0.1) is 26.7 Å². The molecule has 0 atom stereocenters. The molecule has 0 unspecified atom stereocenters. The first-order valence-corrected chi connectivity index (χ1v) is 25.1. The number of aryl methyl sites for hydroxylation is 3. The van der Waals surface area contributed by atoms with Gasteiger partial charge in [0.1, 0.15) is 17.1 Å². The van der Waals surface area contributed by atoms with Crippen molar-refractivity contribution in [3.05, 3.63) is 243 Å². The van der Waals surface area contributed by atoms with Gasteiger partial charge in [-0.2, -0.15) is 0 Å². The van der Waals surface area contributed by atoms with Gasteiger partial charge in [-0.05, 0) is 138 Å². The van der Waals surface area contributed by atoms with E-state index in [9.17, 15) is 0 Å². The van der Waals surface area contributed by atoms with Crippen LogP contribution >= 0.6 is 0 Å². The van der Waals surface area contributed by atoms with E-state index in [0.29, 0.717) is 6.42 Å². The Morgan fingerprint density at radius 2 is 1.40 bits per heavy atom. The molecule has 70 heavy (non-hydrogen) atoms. The average molecular weight is 919 g/mol. The van der Waals surface area contributed by atoms with Crippen molar-refractivity contribution >= 4 is 56.7 Å². The summed E-state index contributed by atoms with van der Waals surface area (Å²) in [7, 11) is 0. The molecule has 0 N–H and O–H groups in total. The van der Waals surface area contributed by atoms with Gasteiger partial charge in [-0.3, -0.25) is 0 Å². The highest BCUT2D eigenvalue weighted by Gasteiger charge is 2.32. The minimum atomic E-state index is 0.195. The monoisotopic (exact) mass is 919 g/mol. The van der Waals surface area contributed by atoms with Gasteiger partial charge in [-0.25, -0.2) is 0 Å². The Morgan fingerprint density at radius 3 is 2.16 bits per heavy atom. The fourth-order valence-corrected chi connectivity index (χ4v) is 10.4. The van der Waals surface area contributed by atoms with Gasteiger partial charge in [0.05, 0.1) is 22.8 Å². The molecule has 0 spiro atoms. The predicted octanol–water partition coefficient (Wildman–Crippen LogP) is 18.7. The van der Waals surface area contributed by atoms with E-state index < -0.39 is 0 Å². The number of ether oxygens (including phenoxy) is 1. The van der Waals surface area contributed by atoms with Crippen LogP contribution in [-0.2, 0) is 6.42 Å². The SMILES string of the molecule is C=C1C=Cc2c(C(C)C)cc(N(c3ccccc3C)c3cccc4c3oc3c(C)cccc34)c3c2CC(=C(C(C)C)C=C1N(C(=C)/C=C\C=C/C)C1=C2CC(=CC=C1)c1cccc(C)c1O2)C=C3.CC. The average Bonchev–Trinajstić information content (AvgIpc) is 3.67. The standard InChI is InChI=1S/C64H60N2O2.C2H6/c1-11-12-13-23-45(10)65(57-29-18-24-46-36-61(57)67-62-43(8)21-16-25-48(46)62)59-37-53(39(2)3)47-32-34-50-55(35-47)49(33-31-42(59)7)54(40(4)5)38-60(50)66(56-28-15-14-20-41(56)6)58-30-19-27-52-51-26-17-22-44(9)63(51)68-64(52)58;1-2/h11-34,37-40H,7,10,35-36H2,1-6,8-9H3;1-2H3/b12-11-,23-13-,33-31?,53-47?,59-37?;. The van der Waals surface area contributed by atoms with Gasteiger partial charge in [0.15, 0.2) is 5.58 Å². The third-order valence-electron chi connectivity index (χ3n) is 13.9. The van der Waals surface area contributed by atoms with Crippen LogP contribution < -0.4 is 9.64 Å². The number of nitrogens with zero attached hydrogens (tertiary/aromatic N) is 2. The summed E-state index contributed by atoms with van der Waals surface area (Å²) >= 11 is 0. The maximum absolute atomic E-state index is 6.93. The number of rotatable bonds is 10. The van der Waals surface area contributed by atoms with Crippen molar-refractivity contribution < 1.29 is 9.15 Å². The Kier molecular flexibility index (Phi) is 13.4. The highest BCUT2D eigenvalue weighted by Crippen LogP contribution is 2.50. The summed E-state index contributed by atoms with van der Waals surface area (Å²) in [6, 6.07) is 30.5. The van der Waals surface area contributed by atoms with E-state index in [1.807, 2.05) is 32.9 Å². The smallest absolute Gasteiger partial charge is 0.159 e. The number of hydrogen-bond donors (Lipinski definition) is 0. The molecule has 4 bridgehead atoms. The molecule has 0 fully saturated rings. The molecule has 4 nitrogen and oxygen atoms in total. The molecule has 10 rings (SSSR count). The van der Waals surface area contributed by atoms with Crippen LogP contribution in [-0.4, -0.2) is 4.90 Å². The van der Waals surface area contributed by atoms with Crippen LogP contribution in [0.2, 0.25) is 0 Å². The zero-order chi connectivity index (χ0) is 49.4. The van der Waals surface area contributed by atoms with Crippen molar-refractivity contribution in [1.29, 1.82) is 0 Å². The number of benzene rings is 5. The topological polar surface area (TPSA) is 28.9 Å². The van der Waals surface area contributed by atoms with Crippen molar-refractivity contribution in [2.45, 2.75) is 88.0 Å². The first-order valence-electron chi connectivity index (χ1n) is 25.1. The van der Waals surface area contributed by atoms with E-state index in [0.717, 1.165) is 96.3 Å². The van der Waals surface area contributed by atoms with E-state index in [4.69, 9.17) is 22.3 Å². The summed E-state index contributed by atoms with van der Waals surface area (Å²) in [5.74, 6) is 2.20. The van der Waals surface area contributed by atoms with E-state index in [-0.39, 0.29) is 11.8 Å². The third kappa shape index (κ3) is 8.51. The van der Waals surface area contributed by atoms with Gasteiger partial charge in [0.2, 0.25) is 0 Å². The number of allylic oxidation sites excluding steroid dienone is 13. The van der Waals surface area contributed by atoms with Crippen LogP contribution in [0.25, 0.3) is 39.7 Å². The molecule has 0 radical (unpaired) electrons. The number of para-hydroxylation sites is 4. The molecule has 2 heterocycles. The normalized spacial score (nSPS) is 15.1. The lowest BCUT2D eigenvalue weighted by Crippen LogP contribution is -2.25. The Bertz CT molecular complexity index is 3400. The fraction of sp³-hybridized carbons (Fsp3) is 0.212. The summed E-state index contributed by atoms with van der Waals surface area (Å²) in [5.41, 5.74) is 22.0. The van der Waals surface area contributed by atoms with Crippen molar-refractivity contribution in [3.8, 4) is 5.75 Å². The van der Waals surface area contributed by atoms with E-state index in [1.165, 1.54) is 44.5 Å². The lowest BCUT2D eigenvalue weighted by atomic mass is 9.79. The van der Waals surface area contributed by atoms with Gasteiger partial charge in [0.25, 0.3) is 0 Å². The number of furan rings is 1. The second-order valence-corrected chi connectivity index (χ2v) is 19.1. The second kappa shape index (κ2) is 19.8. The highest BCUT2D eigenvalue weighted by atomic mass is 16.5. The van der Waals surface area contributed by atoms with E-state index in [2.05, 4.69) is 204 Å². The molecule has 1 aliphatic heterocycles. The van der Waals surface area contributed by atoms with Gasteiger partial charge in [-0.15, -0.1) is 0 Å². The Balaban J connectivity index is 0.00000300. The van der Waals surface area contributed by atoms with Gasteiger partial charge in [0, 0.05) is 39.7 Å². The molecular formula is C66H66N2O2. The first-order chi connectivity index (χ1) is 33.9. The lowest BCUT2D eigenvalue weighted by Gasteiger charge is -2.35. The summed E-state index contributed by atoms with van der Waals surface area (Å²) in [5, 5.41) is 2.24. The highest BCUT2D eigenvalue weighted by molar-refractivity contribution is 6.11. The molecule has 0 amide bonds. The summed E-state index contributed by atoms with van der Waals surface area (Å²) in [6.45, 7) is 31.3. The molecule has 352 valence electrons. The van der Waals surface area contributed by atoms with Gasteiger partial charge in [-0.1, -0.05) is 176 Å². The molecule has 4 aliphatic rings. The second-order valence-electron chi connectivity index (χ2n) is 19.1. The van der Waals surface area contributed by atoms with Gasteiger partial charge >= 0.3 is 0 Å². The molecule has 0 saturated carbocycles. The molecule has 6 aromatic rings. The van der Waals surface area contributed by atoms with Crippen molar-refractivity contribution in [2.75, 3.05) is 4.90 Å². The van der Waals surface area contributed by atoms with E-state index >= 15 is 0 Å². The predicted molar refractivity (Wildman–Crippen MR) is 300 cm³/mol. The first kappa shape index (κ1) is 47.5. The maximum atomic E-state index is 6.93. The largest absolute Gasteiger partial charge is 0.458 e. The Morgan fingerprint density at radius 1 is 0.700 bits per heavy atom. The van der Waals surface area contributed by atoms with Crippen LogP contribution in [0.4, 0.5) is 17.1 Å². The molecule has 0 saturated heterocycles. The van der Waals surface area contributed by atoms with Crippen molar-refractivity contribution in [1.82, 2.24) is 4.90 Å². The number of fused-ring (bicyclic) bond motifs is 8. The number of hydrogen-bond acceptors (Lipinski definition) is 4. The molecular weight excluding hydrogens is 853 g/mol. The summed E-state index contributed by atoms with van der Waals surface area (Å²) < 4.78 is 13.8. The number of anilines is 3. The minimum absolute atomic E-state index is 0.195. The zero-order valence-electron chi connectivity index (χ0n) is 42.7. The van der Waals surface area contributed by atoms with Crippen LogP contribution in [0.5, 0.6) is 5.75 Å². The minimum Gasteiger partial charge on any atom is -0.458 e. The van der Waals surface area contributed by atoms with Crippen LogP contribution in [0.15, 0.2) is 203 Å². The Labute approximate surface area is 416 Å². The lowest BCUT2D eigenvalue weighted by molar-refractivity contribution is 0.378. The fourth-order valence-electron chi connectivity index (χ4n) is 10.4. The van der Waals surface area contributed by atoms with Crippen molar-refractivity contribution in [2.24, 2.45) is 5.92 Å². The zero-order valence-corrected chi connectivity index (χ0v) is 42.7. The van der Waals surface area contributed by atoms with E-state index in [1.54, 1.807) is 0 Å². The Hall–Kier alpha value is -7.56. The molecule has 4 heteroatoms. The van der Waals surface area contributed by atoms with Crippen LogP contribution in [0.1, 0.15) is 105 Å². The van der Waals surface area contributed by atoms with Crippen molar-refractivity contribution in [3.63, 3.8) is 0 Å². The summed E-state index contributed by atoms with van der Waals surface area (Å²) in [6.07, 6.45) is 27.8. The van der Waals surface area contributed by atoms with Crippen LogP contribution in [0.3, 0.4) is 0 Å². The molecule has 1 aromatic heterocycles. The maximum Gasteiger partial charge on any atom is 0.159 e.